The number of unbranched alkanes of at least 4 members (excludes halogenated alkanes) is 1. The summed E-state index contributed by atoms with van der Waals surface area (Å²) in [5.41, 5.74) is 0.176. The fourth-order valence-corrected chi connectivity index (χ4v) is 1.20. The number of allylic oxidation sites excluding steroid dienone is 1. The molecular weight excluding hydrogens is 282 g/mol. The molecular formula is C7H13O5RbS. The first-order valence-electron chi connectivity index (χ1n) is 3.68. The topological polar surface area (TPSA) is 91.7 Å². The Morgan fingerprint density at radius 2 is 1.93 bits per heavy atom. The molecule has 78 valence electrons. The van der Waals surface area contributed by atoms with E-state index in [4.69, 9.17) is 9.66 Å². The SMILES string of the molecule is CC(=CCCCS(=O)(=O)O)C(=O)O.[RbH]. The molecule has 0 aromatic rings. The van der Waals surface area contributed by atoms with Crippen molar-refractivity contribution in [2.24, 2.45) is 0 Å². The molecule has 0 rings (SSSR count). The molecule has 0 aromatic carbocycles. The van der Waals surface area contributed by atoms with Crippen LogP contribution in [0, 0.1) is 0 Å². The van der Waals surface area contributed by atoms with Crippen LogP contribution in [-0.2, 0) is 14.9 Å². The molecule has 0 radical (unpaired) electrons. The van der Waals surface area contributed by atoms with E-state index in [2.05, 4.69) is 0 Å². The van der Waals surface area contributed by atoms with Crippen molar-refractivity contribution in [3.8, 4) is 0 Å². The van der Waals surface area contributed by atoms with Crippen LogP contribution in [0.25, 0.3) is 0 Å². The quantitative estimate of drug-likeness (QED) is 0.424. The van der Waals surface area contributed by atoms with E-state index in [9.17, 15) is 13.2 Å². The Bertz CT molecular complexity index is 306. The van der Waals surface area contributed by atoms with Crippen molar-refractivity contribution in [1.29, 1.82) is 0 Å². The van der Waals surface area contributed by atoms with Crippen LogP contribution in [0.1, 0.15) is 19.8 Å². The predicted molar refractivity (Wildman–Crippen MR) is 54.2 cm³/mol. The number of hydrogen-bond donors (Lipinski definition) is 2. The van der Waals surface area contributed by atoms with Crippen molar-refractivity contribution >= 4 is 74.3 Å². The predicted octanol–water partition coefficient (Wildman–Crippen LogP) is 0.0368. The van der Waals surface area contributed by atoms with Crippen LogP contribution in [0.2, 0.25) is 0 Å². The monoisotopic (exact) mass is 294 g/mol. The minimum absolute atomic E-state index is 0. The second-order valence-corrected chi connectivity index (χ2v) is 4.19. The number of carboxylic acid groups (broad SMARTS) is 1. The van der Waals surface area contributed by atoms with Gasteiger partial charge < -0.3 is 5.11 Å². The Kier molecular flexibility index (Phi) is 10.0. The van der Waals surface area contributed by atoms with Gasteiger partial charge in [-0.1, -0.05) is 6.08 Å². The van der Waals surface area contributed by atoms with Gasteiger partial charge in [0.15, 0.2) is 0 Å². The van der Waals surface area contributed by atoms with Gasteiger partial charge in [0.25, 0.3) is 10.1 Å². The number of hydrogen-bond acceptors (Lipinski definition) is 3. The summed E-state index contributed by atoms with van der Waals surface area (Å²) in [6.07, 6.45) is 1.98. The first-order chi connectivity index (χ1) is 5.83. The van der Waals surface area contributed by atoms with E-state index in [1.807, 2.05) is 0 Å². The molecule has 5 nitrogen and oxygen atoms in total. The Hall–Kier alpha value is 0.925. The van der Waals surface area contributed by atoms with Crippen LogP contribution in [0.3, 0.4) is 0 Å². The van der Waals surface area contributed by atoms with Crippen molar-refractivity contribution in [3.05, 3.63) is 11.6 Å². The molecule has 7 heteroatoms. The van der Waals surface area contributed by atoms with E-state index < -0.39 is 16.1 Å². The van der Waals surface area contributed by atoms with Crippen molar-refractivity contribution in [2.75, 3.05) is 5.75 Å². The van der Waals surface area contributed by atoms with Crippen molar-refractivity contribution in [3.63, 3.8) is 0 Å². The third-order valence-corrected chi connectivity index (χ3v) is 2.20. The molecule has 0 bridgehead atoms. The average Bonchev–Trinajstić information content (AvgIpc) is 1.95. The van der Waals surface area contributed by atoms with Crippen LogP contribution < -0.4 is 0 Å². The molecule has 0 aliphatic rings. The Labute approximate surface area is 132 Å². The van der Waals surface area contributed by atoms with Crippen LogP contribution in [0.4, 0.5) is 0 Å². The molecule has 0 amide bonds. The van der Waals surface area contributed by atoms with Gasteiger partial charge >= 0.3 is 64.2 Å². The molecule has 0 atom stereocenters. The molecule has 0 aromatic heterocycles. The van der Waals surface area contributed by atoms with Gasteiger partial charge in [-0.3, -0.25) is 4.55 Å². The molecule has 0 heterocycles. The summed E-state index contributed by atoms with van der Waals surface area (Å²) >= 11 is 0. The Morgan fingerprint density at radius 1 is 1.43 bits per heavy atom. The van der Waals surface area contributed by atoms with Gasteiger partial charge in [-0.15, -0.1) is 0 Å². The molecule has 0 saturated heterocycles. The maximum atomic E-state index is 10.3. The third-order valence-electron chi connectivity index (χ3n) is 1.39. The zero-order valence-electron chi connectivity index (χ0n) is 7.23. The van der Waals surface area contributed by atoms with E-state index >= 15 is 0 Å². The summed E-state index contributed by atoms with van der Waals surface area (Å²) < 4.78 is 28.8. The molecule has 0 saturated carbocycles. The van der Waals surface area contributed by atoms with Gasteiger partial charge in [0.2, 0.25) is 0 Å². The van der Waals surface area contributed by atoms with E-state index in [0.29, 0.717) is 6.42 Å². The fourth-order valence-electron chi connectivity index (χ4n) is 0.672. The molecule has 14 heavy (non-hydrogen) atoms. The summed E-state index contributed by atoms with van der Waals surface area (Å²) in [5.74, 6) is -1.36. The Morgan fingerprint density at radius 3 is 2.29 bits per heavy atom. The van der Waals surface area contributed by atoms with E-state index in [1.54, 1.807) is 0 Å². The van der Waals surface area contributed by atoms with Gasteiger partial charge in [-0.2, -0.15) is 8.42 Å². The maximum absolute atomic E-state index is 10.3. The summed E-state index contributed by atoms with van der Waals surface area (Å²) in [6, 6.07) is 0. The van der Waals surface area contributed by atoms with Gasteiger partial charge in [0.1, 0.15) is 0 Å². The minimum atomic E-state index is -3.92. The first-order valence-corrected chi connectivity index (χ1v) is 5.29. The summed E-state index contributed by atoms with van der Waals surface area (Å²) in [5, 5.41) is 8.41. The standard InChI is InChI=1S/C7H12O5S.Rb.H/c1-6(7(8)9)4-2-3-5-13(10,11)12;;/h4H,2-3,5H2,1H3,(H,8,9)(H,10,11,12);;. The second kappa shape index (κ2) is 8.12. The summed E-state index contributed by atoms with van der Waals surface area (Å²) in [6.45, 7) is 1.43. The number of carbonyl (C=O) groups is 1. The molecule has 0 fully saturated rings. The third kappa shape index (κ3) is 11.0. The van der Waals surface area contributed by atoms with Crippen LogP contribution in [-0.4, -0.2) is 88.0 Å². The zero-order valence-corrected chi connectivity index (χ0v) is 8.04. The van der Waals surface area contributed by atoms with Gasteiger partial charge in [-0.25, -0.2) is 4.79 Å². The summed E-state index contributed by atoms with van der Waals surface area (Å²) in [7, 11) is -3.92. The number of aliphatic carboxylic acids is 1. The van der Waals surface area contributed by atoms with Gasteiger partial charge in [0, 0.05) is 5.57 Å². The van der Waals surface area contributed by atoms with Gasteiger partial charge in [-0.05, 0) is 19.8 Å². The molecule has 0 unspecified atom stereocenters. The van der Waals surface area contributed by atoms with E-state index in [0.717, 1.165) is 0 Å². The number of carboxylic acids is 1. The molecule has 0 aliphatic carbocycles. The molecule has 0 aliphatic heterocycles. The summed E-state index contributed by atoms with van der Waals surface area (Å²) in [4.78, 5) is 10.3. The van der Waals surface area contributed by atoms with Crippen LogP contribution >= 0.6 is 0 Å². The van der Waals surface area contributed by atoms with Crippen molar-refractivity contribution < 1.29 is 22.9 Å². The number of rotatable bonds is 5. The fraction of sp³-hybridized carbons (Fsp3) is 0.571. The van der Waals surface area contributed by atoms with Crippen molar-refractivity contribution in [1.82, 2.24) is 0 Å². The zero-order chi connectivity index (χ0) is 10.5. The van der Waals surface area contributed by atoms with Gasteiger partial charge in [0.05, 0.1) is 5.75 Å². The molecule has 0 spiro atoms. The van der Waals surface area contributed by atoms with E-state index in [1.165, 1.54) is 13.0 Å². The first kappa shape index (κ1) is 17.3. The van der Waals surface area contributed by atoms with Crippen molar-refractivity contribution in [2.45, 2.75) is 19.8 Å². The van der Waals surface area contributed by atoms with Crippen LogP contribution in [0.15, 0.2) is 11.6 Å². The molecule has 2 N–H and O–H groups in total. The Balaban J connectivity index is 0. The average molecular weight is 295 g/mol. The normalized spacial score (nSPS) is 12.0. The van der Waals surface area contributed by atoms with E-state index in [-0.39, 0.29) is 75.9 Å². The second-order valence-electron chi connectivity index (χ2n) is 2.62. The van der Waals surface area contributed by atoms with Crippen LogP contribution in [0.5, 0.6) is 0 Å².